The van der Waals surface area contributed by atoms with Crippen LogP contribution in [0, 0.1) is 0 Å². The second-order valence-corrected chi connectivity index (χ2v) is 12.6. The summed E-state index contributed by atoms with van der Waals surface area (Å²) in [5, 5.41) is 1.36. The average molecular weight is 333 g/mol. The third kappa shape index (κ3) is 3.79. The number of halogens is 2. The third-order valence-corrected chi connectivity index (χ3v) is 10.8. The zero-order valence-electron chi connectivity index (χ0n) is 13.3. The lowest BCUT2D eigenvalue weighted by Gasteiger charge is -2.42. The van der Waals surface area contributed by atoms with Crippen LogP contribution < -0.4 is 0 Å². The highest BCUT2D eigenvalue weighted by atomic mass is 35.5. The van der Waals surface area contributed by atoms with Crippen LogP contribution in [0.1, 0.15) is 47.1 Å². The highest BCUT2D eigenvalue weighted by Gasteiger charge is 2.44. The summed E-state index contributed by atoms with van der Waals surface area (Å²) < 4.78 is 6.53. The van der Waals surface area contributed by atoms with Crippen LogP contribution in [0.2, 0.25) is 26.7 Å². The van der Waals surface area contributed by atoms with Crippen molar-refractivity contribution in [3.63, 3.8) is 0 Å². The Morgan fingerprint density at radius 1 is 0.950 bits per heavy atom. The fourth-order valence-electron chi connectivity index (χ4n) is 3.34. The summed E-state index contributed by atoms with van der Waals surface area (Å²) in [7, 11) is -1.84. The highest BCUT2D eigenvalue weighted by Crippen LogP contribution is 2.43. The van der Waals surface area contributed by atoms with Crippen molar-refractivity contribution in [3.8, 4) is 0 Å². The zero-order valence-corrected chi connectivity index (χ0v) is 15.8. The van der Waals surface area contributed by atoms with Gasteiger partial charge in [-0.05, 0) is 34.3 Å². The maximum absolute atomic E-state index is 6.53. The van der Waals surface area contributed by atoms with Crippen LogP contribution in [0.4, 0.5) is 0 Å². The molecule has 1 aromatic carbocycles. The largest absolute Gasteiger partial charge is 0.412 e. The molecule has 0 radical (unpaired) electrons. The summed E-state index contributed by atoms with van der Waals surface area (Å²) >= 11 is 12.2. The summed E-state index contributed by atoms with van der Waals surface area (Å²) in [6, 6.07) is 5.62. The summed E-state index contributed by atoms with van der Waals surface area (Å²) in [6.07, 6.45) is 0. The van der Waals surface area contributed by atoms with E-state index >= 15 is 0 Å². The number of hydrogen-bond donors (Lipinski definition) is 0. The molecule has 1 aromatic rings. The van der Waals surface area contributed by atoms with Gasteiger partial charge in [-0.3, -0.25) is 0 Å². The second kappa shape index (κ2) is 7.30. The summed E-state index contributed by atoms with van der Waals surface area (Å²) in [5.41, 5.74) is 2.76. The van der Waals surface area contributed by atoms with E-state index in [9.17, 15) is 0 Å². The van der Waals surface area contributed by atoms with Crippen LogP contribution in [0.3, 0.4) is 0 Å². The van der Waals surface area contributed by atoms with Gasteiger partial charge in [0.05, 0.1) is 6.61 Å². The zero-order chi connectivity index (χ0) is 15.5. The molecule has 0 N–H and O–H groups in total. The molecule has 0 aromatic heterocycles. The van der Waals surface area contributed by atoms with Crippen molar-refractivity contribution in [1.82, 2.24) is 0 Å². The van der Waals surface area contributed by atoms with Gasteiger partial charge in [0.15, 0.2) is 0 Å². The Balaban J connectivity index is 2.97. The van der Waals surface area contributed by atoms with Crippen molar-refractivity contribution >= 4 is 31.5 Å². The van der Waals surface area contributed by atoms with E-state index in [1.807, 2.05) is 12.1 Å². The van der Waals surface area contributed by atoms with E-state index in [1.165, 1.54) is 0 Å². The third-order valence-electron chi connectivity index (χ3n) is 4.20. The molecule has 0 atom stereocenters. The van der Waals surface area contributed by atoms with Crippen LogP contribution in [0.25, 0.3) is 0 Å². The molecule has 0 unspecified atom stereocenters. The first-order chi connectivity index (χ1) is 9.21. The van der Waals surface area contributed by atoms with Gasteiger partial charge in [0.1, 0.15) is 0 Å². The Labute approximate surface area is 134 Å². The Morgan fingerprint density at radius 2 is 1.45 bits per heavy atom. The maximum Gasteiger partial charge on any atom is 0.200 e. The fraction of sp³-hybridized carbons (Fsp3) is 0.625. The Morgan fingerprint density at radius 3 is 1.85 bits per heavy atom. The van der Waals surface area contributed by atoms with Crippen molar-refractivity contribution in [2.45, 2.75) is 64.8 Å². The van der Waals surface area contributed by atoms with Crippen molar-refractivity contribution in [3.05, 3.63) is 33.8 Å². The first-order valence-electron chi connectivity index (χ1n) is 7.29. The van der Waals surface area contributed by atoms with Crippen LogP contribution in [0.5, 0.6) is 0 Å². The minimum atomic E-state index is -1.84. The molecule has 1 rings (SSSR count). The first kappa shape index (κ1) is 18.0. The van der Waals surface area contributed by atoms with Gasteiger partial charge >= 0.3 is 0 Å². The van der Waals surface area contributed by atoms with Gasteiger partial charge < -0.3 is 4.43 Å². The molecule has 0 aliphatic rings. The van der Waals surface area contributed by atoms with Gasteiger partial charge in [-0.25, -0.2) is 0 Å². The van der Waals surface area contributed by atoms with Gasteiger partial charge in [-0.15, -0.1) is 0 Å². The van der Waals surface area contributed by atoms with E-state index in [4.69, 9.17) is 27.6 Å². The van der Waals surface area contributed by atoms with Crippen LogP contribution >= 0.6 is 23.2 Å². The van der Waals surface area contributed by atoms with Crippen LogP contribution in [-0.4, -0.2) is 8.32 Å². The highest BCUT2D eigenvalue weighted by molar-refractivity contribution is 6.77. The molecule has 0 heterocycles. The molecule has 0 fully saturated rings. The van der Waals surface area contributed by atoms with Gasteiger partial charge in [-0.1, -0.05) is 70.8 Å². The fourth-order valence-corrected chi connectivity index (χ4v) is 9.21. The Bertz CT molecular complexity index is 422. The second-order valence-electron chi connectivity index (χ2n) is 6.34. The monoisotopic (exact) mass is 332 g/mol. The Hall–Kier alpha value is -0.0231. The minimum Gasteiger partial charge on any atom is -0.412 e. The number of hydrogen-bond acceptors (Lipinski definition) is 1. The topological polar surface area (TPSA) is 9.23 Å². The van der Waals surface area contributed by atoms with Crippen molar-refractivity contribution in [2.75, 3.05) is 0 Å². The molecule has 1 nitrogen and oxygen atoms in total. The van der Waals surface area contributed by atoms with Gasteiger partial charge in [0, 0.05) is 10.0 Å². The van der Waals surface area contributed by atoms with E-state index in [-0.39, 0.29) is 0 Å². The molecule has 0 bridgehead atoms. The number of rotatable bonds is 6. The molecule has 20 heavy (non-hydrogen) atoms. The molecule has 4 heteroatoms. The molecule has 0 aliphatic carbocycles. The molecular weight excluding hydrogens is 307 g/mol. The van der Waals surface area contributed by atoms with Gasteiger partial charge in [-0.2, -0.15) is 0 Å². The lowest BCUT2D eigenvalue weighted by Crippen LogP contribution is -2.47. The summed E-state index contributed by atoms with van der Waals surface area (Å²) in [4.78, 5) is 0. The van der Waals surface area contributed by atoms with Gasteiger partial charge in [0.25, 0.3) is 0 Å². The molecule has 0 saturated carbocycles. The summed E-state index contributed by atoms with van der Waals surface area (Å²) in [5.74, 6) is 0. The van der Waals surface area contributed by atoms with E-state index in [2.05, 4.69) is 41.5 Å². The van der Waals surface area contributed by atoms with Crippen molar-refractivity contribution < 1.29 is 4.43 Å². The average Bonchev–Trinajstić information content (AvgIpc) is 2.30. The maximum atomic E-state index is 6.53. The molecular formula is C16H26Cl2OSi. The lowest BCUT2D eigenvalue weighted by molar-refractivity contribution is 0.266. The minimum absolute atomic E-state index is 0.577. The molecule has 0 spiro atoms. The Kier molecular flexibility index (Phi) is 6.58. The van der Waals surface area contributed by atoms with E-state index in [1.54, 1.807) is 6.07 Å². The predicted molar refractivity (Wildman–Crippen MR) is 92.3 cm³/mol. The van der Waals surface area contributed by atoms with E-state index < -0.39 is 8.32 Å². The van der Waals surface area contributed by atoms with Crippen LogP contribution in [-0.2, 0) is 11.0 Å². The van der Waals surface area contributed by atoms with E-state index in [0.29, 0.717) is 33.3 Å². The van der Waals surface area contributed by atoms with Crippen molar-refractivity contribution in [1.29, 1.82) is 0 Å². The number of benzene rings is 1. The van der Waals surface area contributed by atoms with Crippen molar-refractivity contribution in [2.24, 2.45) is 0 Å². The quantitative estimate of drug-likeness (QED) is 0.527. The lowest BCUT2D eigenvalue weighted by atomic mass is 10.2. The first-order valence-corrected chi connectivity index (χ1v) is 10.2. The molecule has 0 saturated heterocycles. The standard InChI is InChI=1S/C16H26Cl2OSi/c1-11(2)20(12(3)4,13(5)6)19-10-14-7-8-15(17)9-16(14)18/h7-9,11-13H,10H2,1-6H3. The molecule has 0 amide bonds. The van der Waals surface area contributed by atoms with Crippen LogP contribution in [0.15, 0.2) is 18.2 Å². The smallest absolute Gasteiger partial charge is 0.200 e. The molecule has 114 valence electrons. The van der Waals surface area contributed by atoms with Gasteiger partial charge in [0.2, 0.25) is 8.32 Å². The molecule has 0 aliphatic heterocycles. The predicted octanol–water partition coefficient (Wildman–Crippen LogP) is 6.69. The SMILES string of the molecule is CC(C)[Si](OCc1ccc(Cl)cc1Cl)(C(C)C)C(C)C. The normalized spacial score (nSPS) is 12.8. The van der Waals surface area contributed by atoms with E-state index in [0.717, 1.165) is 5.56 Å². The summed E-state index contributed by atoms with van der Waals surface area (Å²) in [6.45, 7) is 14.3.